The fourth-order valence-electron chi connectivity index (χ4n) is 2.99. The van der Waals surface area contributed by atoms with Crippen LogP contribution >= 0.6 is 0 Å². The number of benzene rings is 1. The molecule has 0 saturated heterocycles. The molecule has 1 amide bonds. The van der Waals surface area contributed by atoms with E-state index in [1.54, 1.807) is 0 Å². The molecule has 138 valence electrons. The van der Waals surface area contributed by atoms with Crippen LogP contribution in [0.15, 0.2) is 24.3 Å². The molecule has 0 heterocycles. The first kappa shape index (κ1) is 19.2. The summed E-state index contributed by atoms with van der Waals surface area (Å²) in [6.45, 7) is 0.289. The van der Waals surface area contributed by atoms with Gasteiger partial charge in [0.25, 0.3) is 0 Å². The number of methoxy groups -OCH3 is 1. The van der Waals surface area contributed by atoms with E-state index in [1.807, 2.05) is 24.3 Å². The smallest absolute Gasteiger partial charge is 0.326 e. The van der Waals surface area contributed by atoms with Gasteiger partial charge in [0.15, 0.2) is 0 Å². The molecule has 1 aliphatic rings. The van der Waals surface area contributed by atoms with Crippen LogP contribution in [0.3, 0.4) is 0 Å². The Morgan fingerprint density at radius 2 is 2.08 bits per heavy atom. The summed E-state index contributed by atoms with van der Waals surface area (Å²) in [6, 6.07) is 6.87. The zero-order valence-electron chi connectivity index (χ0n) is 14.7. The summed E-state index contributed by atoms with van der Waals surface area (Å²) >= 11 is 0. The van der Waals surface area contributed by atoms with Gasteiger partial charge in [-0.3, -0.25) is 4.79 Å². The van der Waals surface area contributed by atoms with Crippen molar-refractivity contribution in [2.24, 2.45) is 0 Å². The molecule has 1 unspecified atom stereocenters. The molecule has 1 aromatic carbocycles. The van der Waals surface area contributed by atoms with Crippen molar-refractivity contribution >= 4 is 11.9 Å². The number of ether oxygens (including phenoxy) is 2. The lowest BCUT2D eigenvalue weighted by Gasteiger charge is -2.15. The van der Waals surface area contributed by atoms with Crippen LogP contribution in [0.2, 0.25) is 0 Å². The average molecular weight is 349 g/mol. The highest BCUT2D eigenvalue weighted by atomic mass is 16.5. The number of hydrogen-bond donors (Lipinski definition) is 2. The second-order valence-electron chi connectivity index (χ2n) is 6.41. The quantitative estimate of drug-likeness (QED) is 0.678. The molecule has 1 aromatic rings. The van der Waals surface area contributed by atoms with E-state index in [0.717, 1.165) is 24.2 Å². The average Bonchev–Trinajstić information content (AvgIpc) is 3.10. The molecule has 0 aliphatic heterocycles. The molecular weight excluding hydrogens is 322 g/mol. The SMILES string of the molecule is COCCC(NC(=O)CCc1cccc(OC2CCCC2)c1)C(=O)O. The third-order valence-electron chi connectivity index (χ3n) is 4.39. The van der Waals surface area contributed by atoms with Crippen LogP contribution in [0.1, 0.15) is 44.1 Å². The van der Waals surface area contributed by atoms with Crippen LogP contribution < -0.4 is 10.1 Å². The Labute approximate surface area is 148 Å². The van der Waals surface area contributed by atoms with E-state index >= 15 is 0 Å². The summed E-state index contributed by atoms with van der Waals surface area (Å²) in [5.41, 5.74) is 1.01. The van der Waals surface area contributed by atoms with Crippen molar-refractivity contribution in [2.75, 3.05) is 13.7 Å². The van der Waals surface area contributed by atoms with Gasteiger partial charge in [-0.25, -0.2) is 4.79 Å². The van der Waals surface area contributed by atoms with Crippen molar-refractivity contribution in [1.82, 2.24) is 5.32 Å². The molecule has 0 radical (unpaired) electrons. The molecule has 6 nitrogen and oxygen atoms in total. The van der Waals surface area contributed by atoms with Gasteiger partial charge in [0.1, 0.15) is 11.8 Å². The maximum Gasteiger partial charge on any atom is 0.326 e. The largest absolute Gasteiger partial charge is 0.490 e. The van der Waals surface area contributed by atoms with Crippen molar-refractivity contribution in [3.05, 3.63) is 29.8 Å². The molecule has 2 rings (SSSR count). The number of amides is 1. The monoisotopic (exact) mass is 349 g/mol. The Hall–Kier alpha value is -2.08. The molecule has 1 aliphatic carbocycles. The van der Waals surface area contributed by atoms with Gasteiger partial charge in [0.05, 0.1) is 6.10 Å². The molecule has 25 heavy (non-hydrogen) atoms. The summed E-state index contributed by atoms with van der Waals surface area (Å²) < 4.78 is 10.8. The zero-order valence-corrected chi connectivity index (χ0v) is 14.7. The van der Waals surface area contributed by atoms with Crippen molar-refractivity contribution in [2.45, 2.75) is 57.1 Å². The highest BCUT2D eigenvalue weighted by molar-refractivity contribution is 5.83. The molecule has 2 N–H and O–H groups in total. The van der Waals surface area contributed by atoms with E-state index in [9.17, 15) is 9.59 Å². The van der Waals surface area contributed by atoms with E-state index in [4.69, 9.17) is 14.6 Å². The Morgan fingerprint density at radius 1 is 1.32 bits per heavy atom. The number of carbonyl (C=O) groups excluding carboxylic acids is 1. The van der Waals surface area contributed by atoms with Gasteiger partial charge in [0.2, 0.25) is 5.91 Å². The van der Waals surface area contributed by atoms with Crippen LogP contribution in [0, 0.1) is 0 Å². The Kier molecular flexibility index (Phi) is 7.73. The number of nitrogens with one attached hydrogen (secondary N) is 1. The Bertz CT molecular complexity index is 569. The minimum Gasteiger partial charge on any atom is -0.490 e. The topological polar surface area (TPSA) is 84.9 Å². The third-order valence-corrected chi connectivity index (χ3v) is 4.39. The van der Waals surface area contributed by atoms with Gasteiger partial charge in [-0.05, 0) is 49.8 Å². The van der Waals surface area contributed by atoms with Gasteiger partial charge in [-0.2, -0.15) is 0 Å². The van der Waals surface area contributed by atoms with Gasteiger partial charge < -0.3 is 19.9 Å². The maximum atomic E-state index is 12.0. The summed E-state index contributed by atoms with van der Waals surface area (Å²) in [6.07, 6.45) is 5.98. The number of rotatable bonds is 10. The molecule has 1 atom stereocenters. The number of carboxylic acid groups (broad SMARTS) is 1. The van der Waals surface area contributed by atoms with Gasteiger partial charge in [-0.1, -0.05) is 12.1 Å². The van der Waals surface area contributed by atoms with E-state index in [-0.39, 0.29) is 25.4 Å². The maximum absolute atomic E-state index is 12.0. The van der Waals surface area contributed by atoms with Gasteiger partial charge in [0, 0.05) is 26.6 Å². The highest BCUT2D eigenvalue weighted by Gasteiger charge is 2.19. The number of hydrogen-bond acceptors (Lipinski definition) is 4. The van der Waals surface area contributed by atoms with E-state index in [0.29, 0.717) is 12.5 Å². The fourth-order valence-corrected chi connectivity index (χ4v) is 2.99. The van der Waals surface area contributed by atoms with Crippen LogP contribution in [-0.4, -0.2) is 42.8 Å². The molecule has 0 aromatic heterocycles. The first-order valence-corrected chi connectivity index (χ1v) is 8.85. The Morgan fingerprint density at radius 3 is 2.76 bits per heavy atom. The summed E-state index contributed by atoms with van der Waals surface area (Å²) in [4.78, 5) is 23.1. The lowest BCUT2D eigenvalue weighted by atomic mass is 10.1. The van der Waals surface area contributed by atoms with Crippen LogP contribution in [-0.2, 0) is 20.7 Å². The summed E-state index contributed by atoms with van der Waals surface area (Å²) in [5, 5.41) is 11.7. The molecular formula is C19H27NO5. The van der Waals surface area contributed by atoms with E-state index < -0.39 is 12.0 Å². The lowest BCUT2D eigenvalue weighted by molar-refractivity contribution is -0.142. The first-order chi connectivity index (χ1) is 12.1. The Balaban J connectivity index is 1.81. The highest BCUT2D eigenvalue weighted by Crippen LogP contribution is 2.24. The van der Waals surface area contributed by atoms with Crippen LogP contribution in [0.4, 0.5) is 0 Å². The van der Waals surface area contributed by atoms with E-state index in [1.165, 1.54) is 20.0 Å². The minimum absolute atomic E-state index is 0.240. The van der Waals surface area contributed by atoms with Crippen LogP contribution in [0.5, 0.6) is 5.75 Å². The molecule has 0 bridgehead atoms. The van der Waals surface area contributed by atoms with Gasteiger partial charge in [-0.15, -0.1) is 0 Å². The second-order valence-corrected chi connectivity index (χ2v) is 6.41. The fraction of sp³-hybridized carbons (Fsp3) is 0.579. The first-order valence-electron chi connectivity index (χ1n) is 8.85. The normalized spacial score (nSPS) is 15.7. The number of carboxylic acids is 1. The number of aliphatic carboxylic acids is 1. The summed E-state index contributed by atoms with van der Waals surface area (Å²) in [7, 11) is 1.50. The van der Waals surface area contributed by atoms with Crippen LogP contribution in [0.25, 0.3) is 0 Å². The minimum atomic E-state index is -1.04. The zero-order chi connectivity index (χ0) is 18.1. The molecule has 6 heteroatoms. The number of aryl methyl sites for hydroxylation is 1. The second kappa shape index (κ2) is 10.0. The number of carbonyl (C=O) groups is 2. The lowest BCUT2D eigenvalue weighted by Crippen LogP contribution is -2.41. The molecule has 0 spiro atoms. The van der Waals surface area contributed by atoms with Crippen molar-refractivity contribution in [1.29, 1.82) is 0 Å². The molecule has 1 saturated carbocycles. The van der Waals surface area contributed by atoms with Crippen molar-refractivity contribution < 1.29 is 24.2 Å². The standard InChI is InChI=1S/C19H27NO5/c1-24-12-11-17(19(22)23)20-18(21)10-9-14-5-4-8-16(13-14)25-15-6-2-3-7-15/h4-5,8,13,15,17H,2-3,6-7,9-12H2,1H3,(H,20,21)(H,22,23). The molecule has 1 fully saturated rings. The van der Waals surface area contributed by atoms with Crippen molar-refractivity contribution in [3.8, 4) is 5.75 Å². The summed E-state index contributed by atoms with van der Waals surface area (Å²) in [5.74, 6) is -0.476. The van der Waals surface area contributed by atoms with E-state index in [2.05, 4.69) is 5.32 Å². The van der Waals surface area contributed by atoms with Crippen molar-refractivity contribution in [3.63, 3.8) is 0 Å². The predicted molar refractivity (Wildman–Crippen MR) is 93.7 cm³/mol. The predicted octanol–water partition coefficient (Wildman–Crippen LogP) is 2.55. The van der Waals surface area contributed by atoms with Gasteiger partial charge >= 0.3 is 5.97 Å². The third kappa shape index (κ3) is 6.74.